The van der Waals surface area contributed by atoms with Crippen molar-refractivity contribution in [1.29, 1.82) is 0 Å². The first-order valence-electron chi connectivity index (χ1n) is 8.75. The summed E-state index contributed by atoms with van der Waals surface area (Å²) in [6.07, 6.45) is 5.60. The second-order valence-electron chi connectivity index (χ2n) is 6.99. The molecule has 1 heterocycles. The minimum absolute atomic E-state index is 0.230. The van der Waals surface area contributed by atoms with Gasteiger partial charge >= 0.3 is 0 Å². The average Bonchev–Trinajstić information content (AvgIpc) is 2.97. The monoisotopic (exact) mass is 303 g/mol. The summed E-state index contributed by atoms with van der Waals surface area (Å²) < 4.78 is 11.7. The lowest BCUT2D eigenvalue weighted by atomic mass is 9.81. The predicted molar refractivity (Wildman–Crippen MR) is 88.8 cm³/mol. The van der Waals surface area contributed by atoms with Crippen molar-refractivity contribution >= 4 is 0 Å². The molecule has 2 atom stereocenters. The van der Waals surface area contributed by atoms with Crippen molar-refractivity contribution in [3.8, 4) is 0 Å². The third-order valence-corrected chi connectivity index (χ3v) is 5.24. The standard InChI is InChI=1S/C19H29NO2/c1-15(14-17-6-4-3-5-7-17)20-16(2)18-8-10-19(11-9-18)21-12-13-22-19/h3-7,15-16,18,20H,8-14H2,1-2H3/t15-,16?/m1/s1. The van der Waals surface area contributed by atoms with Gasteiger partial charge in [-0.15, -0.1) is 0 Å². The fraction of sp³-hybridized carbons (Fsp3) is 0.684. The molecule has 0 radical (unpaired) electrons. The number of benzene rings is 1. The van der Waals surface area contributed by atoms with Crippen molar-refractivity contribution in [2.75, 3.05) is 13.2 Å². The van der Waals surface area contributed by atoms with Gasteiger partial charge in [0.1, 0.15) is 0 Å². The molecule has 3 heteroatoms. The molecular formula is C19H29NO2. The third kappa shape index (κ3) is 3.89. The molecule has 2 aliphatic rings. The average molecular weight is 303 g/mol. The minimum atomic E-state index is -0.230. The molecule has 1 saturated carbocycles. The van der Waals surface area contributed by atoms with E-state index in [1.54, 1.807) is 0 Å². The Morgan fingerprint density at radius 1 is 1.09 bits per heavy atom. The Morgan fingerprint density at radius 3 is 2.36 bits per heavy atom. The quantitative estimate of drug-likeness (QED) is 0.902. The molecule has 1 aliphatic heterocycles. The Balaban J connectivity index is 1.45. The van der Waals surface area contributed by atoms with Crippen molar-refractivity contribution in [2.24, 2.45) is 5.92 Å². The fourth-order valence-electron chi connectivity index (χ4n) is 3.98. The van der Waals surface area contributed by atoms with Crippen LogP contribution in [0.1, 0.15) is 45.1 Å². The maximum atomic E-state index is 5.83. The van der Waals surface area contributed by atoms with E-state index in [2.05, 4.69) is 49.5 Å². The molecule has 0 aromatic heterocycles. The summed E-state index contributed by atoms with van der Waals surface area (Å²) >= 11 is 0. The van der Waals surface area contributed by atoms with Crippen LogP contribution >= 0.6 is 0 Å². The van der Waals surface area contributed by atoms with E-state index in [1.165, 1.54) is 18.4 Å². The molecule has 122 valence electrons. The van der Waals surface area contributed by atoms with E-state index in [0.29, 0.717) is 12.1 Å². The first-order valence-corrected chi connectivity index (χ1v) is 8.75. The van der Waals surface area contributed by atoms with Crippen molar-refractivity contribution < 1.29 is 9.47 Å². The van der Waals surface area contributed by atoms with Crippen molar-refractivity contribution in [2.45, 2.75) is 63.8 Å². The van der Waals surface area contributed by atoms with E-state index in [-0.39, 0.29) is 5.79 Å². The van der Waals surface area contributed by atoms with Crippen molar-refractivity contribution in [3.63, 3.8) is 0 Å². The minimum Gasteiger partial charge on any atom is -0.348 e. The van der Waals surface area contributed by atoms with E-state index in [4.69, 9.17) is 9.47 Å². The van der Waals surface area contributed by atoms with Gasteiger partial charge in [0.15, 0.2) is 5.79 Å². The Bertz CT molecular complexity index is 446. The lowest BCUT2D eigenvalue weighted by molar-refractivity contribution is -0.183. The van der Waals surface area contributed by atoms with E-state index in [9.17, 15) is 0 Å². The first kappa shape index (κ1) is 16.0. The highest BCUT2D eigenvalue weighted by Gasteiger charge is 2.41. The predicted octanol–water partition coefficient (Wildman–Crippen LogP) is 3.53. The Kier molecular flexibility index (Phi) is 5.17. The second kappa shape index (κ2) is 7.12. The van der Waals surface area contributed by atoms with Crippen LogP contribution in [0.5, 0.6) is 0 Å². The molecule has 0 amide bonds. The molecule has 1 aromatic rings. The van der Waals surface area contributed by atoms with Crippen LogP contribution in [0.3, 0.4) is 0 Å². The zero-order chi connectivity index (χ0) is 15.4. The maximum absolute atomic E-state index is 5.83. The number of rotatable bonds is 5. The zero-order valence-corrected chi connectivity index (χ0v) is 13.9. The summed E-state index contributed by atoms with van der Waals surface area (Å²) in [4.78, 5) is 0. The fourth-order valence-corrected chi connectivity index (χ4v) is 3.98. The first-order chi connectivity index (χ1) is 10.7. The molecule has 3 rings (SSSR count). The molecule has 1 N–H and O–H groups in total. The van der Waals surface area contributed by atoms with Gasteiger partial charge in [0, 0.05) is 24.9 Å². The normalized spacial score (nSPS) is 24.5. The summed E-state index contributed by atoms with van der Waals surface area (Å²) in [5, 5.41) is 3.80. The van der Waals surface area contributed by atoms with Crippen molar-refractivity contribution in [3.05, 3.63) is 35.9 Å². The molecule has 1 saturated heterocycles. The van der Waals surface area contributed by atoms with E-state index >= 15 is 0 Å². The SMILES string of the molecule is CC(N[C@H](C)Cc1ccccc1)C1CCC2(CC1)OCCO2. The molecule has 2 fully saturated rings. The van der Waals surface area contributed by atoms with Gasteiger partial charge in [-0.3, -0.25) is 0 Å². The summed E-state index contributed by atoms with van der Waals surface area (Å²) in [7, 11) is 0. The lowest BCUT2D eigenvalue weighted by Crippen LogP contribution is -2.44. The molecule has 1 aromatic carbocycles. The summed E-state index contributed by atoms with van der Waals surface area (Å²) in [6.45, 7) is 6.16. The van der Waals surface area contributed by atoms with Gasteiger partial charge in [0.2, 0.25) is 0 Å². The van der Waals surface area contributed by atoms with Crippen molar-refractivity contribution in [1.82, 2.24) is 5.32 Å². The topological polar surface area (TPSA) is 30.5 Å². The highest BCUT2D eigenvalue weighted by atomic mass is 16.7. The highest BCUT2D eigenvalue weighted by Crippen LogP contribution is 2.39. The number of nitrogens with one attached hydrogen (secondary N) is 1. The molecule has 1 aliphatic carbocycles. The van der Waals surface area contributed by atoms with Gasteiger partial charge in [-0.2, -0.15) is 0 Å². The van der Waals surface area contributed by atoms with Crippen LogP contribution in [0.25, 0.3) is 0 Å². The zero-order valence-electron chi connectivity index (χ0n) is 13.9. The van der Waals surface area contributed by atoms with Gasteiger partial charge in [0.25, 0.3) is 0 Å². The Morgan fingerprint density at radius 2 is 1.73 bits per heavy atom. The second-order valence-corrected chi connectivity index (χ2v) is 6.99. The molecular weight excluding hydrogens is 274 g/mol. The van der Waals surface area contributed by atoms with Crippen LogP contribution in [0, 0.1) is 5.92 Å². The van der Waals surface area contributed by atoms with Gasteiger partial charge < -0.3 is 14.8 Å². The smallest absolute Gasteiger partial charge is 0.168 e. The number of hydrogen-bond donors (Lipinski definition) is 1. The summed E-state index contributed by atoms with van der Waals surface area (Å²) in [5.74, 6) is 0.503. The van der Waals surface area contributed by atoms with Crippen LogP contribution in [0.4, 0.5) is 0 Å². The summed E-state index contributed by atoms with van der Waals surface area (Å²) in [6, 6.07) is 11.8. The third-order valence-electron chi connectivity index (χ3n) is 5.24. The maximum Gasteiger partial charge on any atom is 0.168 e. The van der Waals surface area contributed by atoms with E-state index in [0.717, 1.165) is 38.4 Å². The van der Waals surface area contributed by atoms with Crippen LogP contribution in [-0.2, 0) is 15.9 Å². The number of hydrogen-bond acceptors (Lipinski definition) is 3. The molecule has 1 unspecified atom stereocenters. The lowest BCUT2D eigenvalue weighted by Gasteiger charge is -2.38. The molecule has 3 nitrogen and oxygen atoms in total. The largest absolute Gasteiger partial charge is 0.348 e. The van der Waals surface area contributed by atoms with Crippen LogP contribution < -0.4 is 5.32 Å². The molecule has 1 spiro atoms. The van der Waals surface area contributed by atoms with Crippen LogP contribution in [0.15, 0.2) is 30.3 Å². The summed E-state index contributed by atoms with van der Waals surface area (Å²) in [5.41, 5.74) is 1.41. The van der Waals surface area contributed by atoms with E-state index < -0.39 is 0 Å². The number of ether oxygens (including phenoxy) is 2. The van der Waals surface area contributed by atoms with Gasteiger partial charge in [-0.1, -0.05) is 30.3 Å². The van der Waals surface area contributed by atoms with Gasteiger partial charge in [-0.25, -0.2) is 0 Å². The van der Waals surface area contributed by atoms with Crippen LogP contribution in [-0.4, -0.2) is 31.1 Å². The Labute approximate surface area is 134 Å². The van der Waals surface area contributed by atoms with Gasteiger partial charge in [-0.05, 0) is 44.6 Å². The molecule has 22 heavy (non-hydrogen) atoms. The Hall–Kier alpha value is -0.900. The van der Waals surface area contributed by atoms with Gasteiger partial charge in [0.05, 0.1) is 13.2 Å². The molecule has 0 bridgehead atoms. The van der Waals surface area contributed by atoms with Crippen LogP contribution in [0.2, 0.25) is 0 Å². The highest BCUT2D eigenvalue weighted by molar-refractivity contribution is 5.15. The van der Waals surface area contributed by atoms with E-state index in [1.807, 2.05) is 0 Å².